The molecule has 88 valence electrons. The molecule has 1 aromatic rings. The Morgan fingerprint density at radius 3 is 2.56 bits per heavy atom. The van der Waals surface area contributed by atoms with Crippen LogP contribution >= 0.6 is 0 Å². The third-order valence-corrected chi connectivity index (χ3v) is 3.20. The van der Waals surface area contributed by atoms with Crippen molar-refractivity contribution in [1.29, 1.82) is 0 Å². The van der Waals surface area contributed by atoms with E-state index in [2.05, 4.69) is 36.5 Å². The topological polar surface area (TPSA) is 12.0 Å². The van der Waals surface area contributed by atoms with Crippen LogP contribution in [0.2, 0.25) is 0 Å². The summed E-state index contributed by atoms with van der Waals surface area (Å²) in [7, 11) is 0. The molecule has 1 atom stereocenters. The molecule has 0 aliphatic heterocycles. The van der Waals surface area contributed by atoms with Gasteiger partial charge in [0.05, 0.1) is 6.67 Å². The Kier molecular flexibility index (Phi) is 3.94. The summed E-state index contributed by atoms with van der Waals surface area (Å²) in [6.07, 6.45) is 3.23. The van der Waals surface area contributed by atoms with Crippen LogP contribution in [0.3, 0.4) is 0 Å². The van der Waals surface area contributed by atoms with Crippen LogP contribution in [0, 0.1) is 12.8 Å². The van der Waals surface area contributed by atoms with Gasteiger partial charge in [0, 0.05) is 6.04 Å². The summed E-state index contributed by atoms with van der Waals surface area (Å²) < 4.78 is 12.1. The number of aryl methyl sites for hydroxylation is 1. The Labute approximate surface area is 97.1 Å². The number of hydrogen-bond acceptors (Lipinski definition) is 1. The van der Waals surface area contributed by atoms with Gasteiger partial charge in [-0.3, -0.25) is 4.39 Å². The van der Waals surface area contributed by atoms with Crippen molar-refractivity contribution in [2.24, 2.45) is 5.92 Å². The Morgan fingerprint density at radius 2 is 2.00 bits per heavy atom. The lowest BCUT2D eigenvalue weighted by molar-refractivity contribution is 0.422. The molecule has 16 heavy (non-hydrogen) atoms. The molecule has 0 aromatic heterocycles. The molecule has 0 radical (unpaired) electrons. The van der Waals surface area contributed by atoms with Crippen molar-refractivity contribution >= 4 is 0 Å². The fourth-order valence-corrected chi connectivity index (χ4v) is 2.08. The Bertz CT molecular complexity index is 316. The third kappa shape index (κ3) is 3.05. The fourth-order valence-electron chi connectivity index (χ4n) is 2.08. The number of halogens is 1. The lowest BCUT2D eigenvalue weighted by atomic mass is 10.0. The highest BCUT2D eigenvalue weighted by atomic mass is 19.1. The molecule has 1 aliphatic carbocycles. The van der Waals surface area contributed by atoms with E-state index in [9.17, 15) is 4.39 Å². The molecule has 1 saturated carbocycles. The van der Waals surface area contributed by atoms with Gasteiger partial charge in [0.1, 0.15) is 0 Å². The lowest BCUT2D eigenvalue weighted by Crippen LogP contribution is -2.24. The largest absolute Gasteiger partial charge is 0.310 e. The number of rotatable bonds is 6. The fraction of sp³-hybridized carbons (Fsp3) is 0.571. The van der Waals surface area contributed by atoms with Crippen molar-refractivity contribution in [2.45, 2.75) is 32.2 Å². The first-order valence-electron chi connectivity index (χ1n) is 6.17. The molecular weight excluding hydrogens is 201 g/mol. The van der Waals surface area contributed by atoms with Gasteiger partial charge in [-0.1, -0.05) is 29.8 Å². The van der Waals surface area contributed by atoms with Crippen molar-refractivity contribution in [3.8, 4) is 0 Å². The van der Waals surface area contributed by atoms with Gasteiger partial charge in [-0.2, -0.15) is 0 Å². The van der Waals surface area contributed by atoms with Crippen LogP contribution in [0.5, 0.6) is 0 Å². The van der Waals surface area contributed by atoms with Gasteiger partial charge in [0.15, 0.2) is 0 Å². The second-order valence-corrected chi connectivity index (χ2v) is 4.72. The van der Waals surface area contributed by atoms with E-state index < -0.39 is 0 Å². The second-order valence-electron chi connectivity index (χ2n) is 4.72. The van der Waals surface area contributed by atoms with Crippen molar-refractivity contribution in [2.75, 3.05) is 13.2 Å². The average molecular weight is 221 g/mol. The van der Waals surface area contributed by atoms with E-state index in [1.807, 2.05) is 0 Å². The maximum absolute atomic E-state index is 12.1. The van der Waals surface area contributed by atoms with Crippen molar-refractivity contribution < 1.29 is 4.39 Å². The molecule has 2 rings (SSSR count). The van der Waals surface area contributed by atoms with Gasteiger partial charge in [0.25, 0.3) is 0 Å². The minimum atomic E-state index is -0.224. The van der Waals surface area contributed by atoms with Crippen LogP contribution < -0.4 is 5.32 Å². The maximum Gasteiger partial charge on any atom is 0.0906 e. The molecule has 1 fully saturated rings. The normalized spacial score (nSPS) is 17.4. The second kappa shape index (κ2) is 5.44. The van der Waals surface area contributed by atoms with Gasteiger partial charge in [-0.05, 0) is 44.2 Å². The number of hydrogen-bond donors (Lipinski definition) is 1. The highest BCUT2D eigenvalue weighted by Gasteiger charge is 2.31. The zero-order valence-electron chi connectivity index (χ0n) is 9.88. The first kappa shape index (κ1) is 11.6. The molecule has 1 unspecified atom stereocenters. The minimum absolute atomic E-state index is 0.224. The summed E-state index contributed by atoms with van der Waals surface area (Å²) in [6.45, 7) is 2.66. The van der Waals surface area contributed by atoms with Crippen molar-refractivity contribution in [3.63, 3.8) is 0 Å². The molecule has 1 nitrogen and oxygen atoms in total. The van der Waals surface area contributed by atoms with Gasteiger partial charge in [-0.25, -0.2) is 0 Å². The summed E-state index contributed by atoms with van der Waals surface area (Å²) in [5.41, 5.74) is 2.65. The predicted octanol–water partition coefficient (Wildman–Crippen LogP) is 3.40. The van der Waals surface area contributed by atoms with E-state index in [0.717, 1.165) is 12.5 Å². The van der Waals surface area contributed by atoms with Crippen molar-refractivity contribution in [1.82, 2.24) is 5.32 Å². The highest BCUT2D eigenvalue weighted by Crippen LogP contribution is 2.40. The monoisotopic (exact) mass is 221 g/mol. The summed E-state index contributed by atoms with van der Waals surface area (Å²) >= 11 is 0. The summed E-state index contributed by atoms with van der Waals surface area (Å²) in [4.78, 5) is 0. The zero-order chi connectivity index (χ0) is 11.4. The quantitative estimate of drug-likeness (QED) is 0.726. The van der Waals surface area contributed by atoms with Crippen LogP contribution in [-0.4, -0.2) is 13.2 Å². The van der Waals surface area contributed by atoms with E-state index >= 15 is 0 Å². The number of alkyl halides is 1. The van der Waals surface area contributed by atoms with Gasteiger partial charge in [-0.15, -0.1) is 0 Å². The summed E-state index contributed by atoms with van der Waals surface area (Å²) in [6, 6.07) is 9.14. The SMILES string of the molecule is Cc1ccc(C(NCCCF)C2CC2)cc1. The van der Waals surface area contributed by atoms with Gasteiger partial charge >= 0.3 is 0 Å². The summed E-state index contributed by atoms with van der Waals surface area (Å²) in [5, 5.41) is 3.48. The smallest absolute Gasteiger partial charge is 0.0906 e. The first-order valence-corrected chi connectivity index (χ1v) is 6.17. The van der Waals surface area contributed by atoms with Crippen LogP contribution in [-0.2, 0) is 0 Å². The van der Waals surface area contributed by atoms with Crippen LogP contribution in [0.4, 0.5) is 4.39 Å². The van der Waals surface area contributed by atoms with E-state index in [0.29, 0.717) is 12.5 Å². The number of nitrogens with one attached hydrogen (secondary N) is 1. The predicted molar refractivity (Wildman–Crippen MR) is 65.2 cm³/mol. The first-order chi connectivity index (χ1) is 7.81. The average Bonchev–Trinajstić information content (AvgIpc) is 3.10. The molecule has 0 saturated heterocycles. The van der Waals surface area contributed by atoms with E-state index in [4.69, 9.17) is 0 Å². The molecule has 0 bridgehead atoms. The minimum Gasteiger partial charge on any atom is -0.310 e. The lowest BCUT2D eigenvalue weighted by Gasteiger charge is -2.18. The van der Waals surface area contributed by atoms with Gasteiger partial charge in [0.2, 0.25) is 0 Å². The van der Waals surface area contributed by atoms with Crippen LogP contribution in [0.15, 0.2) is 24.3 Å². The third-order valence-electron chi connectivity index (χ3n) is 3.20. The molecule has 0 amide bonds. The van der Waals surface area contributed by atoms with Crippen molar-refractivity contribution in [3.05, 3.63) is 35.4 Å². The standard InChI is InChI=1S/C14H20FN/c1-11-3-5-12(6-4-11)14(13-7-8-13)16-10-2-9-15/h3-6,13-14,16H,2,7-10H2,1H3. The Balaban J connectivity index is 1.98. The van der Waals surface area contributed by atoms with E-state index in [1.54, 1.807) is 0 Å². The van der Waals surface area contributed by atoms with E-state index in [-0.39, 0.29) is 6.67 Å². The molecule has 0 heterocycles. The molecule has 1 aliphatic rings. The molecular formula is C14H20FN. The number of benzene rings is 1. The van der Waals surface area contributed by atoms with Gasteiger partial charge < -0.3 is 5.32 Å². The van der Waals surface area contributed by atoms with Crippen LogP contribution in [0.25, 0.3) is 0 Å². The Hall–Kier alpha value is -0.890. The molecule has 2 heteroatoms. The molecule has 1 N–H and O–H groups in total. The maximum atomic E-state index is 12.1. The molecule has 0 spiro atoms. The highest BCUT2D eigenvalue weighted by molar-refractivity contribution is 5.25. The zero-order valence-corrected chi connectivity index (χ0v) is 9.88. The Morgan fingerprint density at radius 1 is 1.31 bits per heavy atom. The molecule has 1 aromatic carbocycles. The summed E-state index contributed by atoms with van der Waals surface area (Å²) in [5.74, 6) is 0.766. The van der Waals surface area contributed by atoms with Crippen LogP contribution in [0.1, 0.15) is 36.4 Å². The van der Waals surface area contributed by atoms with E-state index in [1.165, 1.54) is 24.0 Å².